The lowest BCUT2D eigenvalue weighted by molar-refractivity contribution is 0.0526. The van der Waals surface area contributed by atoms with Gasteiger partial charge < -0.3 is 15.4 Å². The molecule has 8 heteroatoms. The van der Waals surface area contributed by atoms with Crippen molar-refractivity contribution in [3.8, 4) is 0 Å². The van der Waals surface area contributed by atoms with Crippen LogP contribution >= 0.6 is 0 Å². The SMILES string of the molecule is CCOC(=O)c1ccc(Nc2ccc(C(=O)Nc3ccccc3F)nn2)cc1. The molecule has 0 fully saturated rings. The van der Waals surface area contributed by atoms with Crippen molar-refractivity contribution in [3.05, 3.63) is 77.7 Å². The zero-order valence-corrected chi connectivity index (χ0v) is 15.0. The standard InChI is InChI=1S/C20H17FN4O3/c1-2-28-20(27)13-7-9-14(10-8-13)22-18-12-11-17(24-25-18)19(26)23-16-6-4-3-5-15(16)21/h3-12H,2H2,1H3,(H,22,25)(H,23,26). The number of benzene rings is 2. The first-order valence-corrected chi connectivity index (χ1v) is 8.50. The van der Waals surface area contributed by atoms with Gasteiger partial charge in [-0.2, -0.15) is 0 Å². The molecule has 1 heterocycles. The molecule has 2 N–H and O–H groups in total. The number of carbonyl (C=O) groups excluding carboxylic acids is 2. The molecule has 2 aromatic carbocycles. The molecular weight excluding hydrogens is 363 g/mol. The number of esters is 1. The van der Waals surface area contributed by atoms with Crippen molar-refractivity contribution in [1.29, 1.82) is 0 Å². The molecule has 3 rings (SSSR count). The molecule has 0 aliphatic carbocycles. The van der Waals surface area contributed by atoms with E-state index in [0.717, 1.165) is 0 Å². The fourth-order valence-corrected chi connectivity index (χ4v) is 2.32. The second kappa shape index (κ2) is 8.72. The number of nitrogens with one attached hydrogen (secondary N) is 2. The van der Waals surface area contributed by atoms with Crippen molar-refractivity contribution < 1.29 is 18.7 Å². The van der Waals surface area contributed by atoms with E-state index in [-0.39, 0.29) is 17.4 Å². The second-order valence-electron chi connectivity index (χ2n) is 5.66. The van der Waals surface area contributed by atoms with Gasteiger partial charge in [0, 0.05) is 5.69 Å². The van der Waals surface area contributed by atoms with Gasteiger partial charge in [-0.25, -0.2) is 9.18 Å². The lowest BCUT2D eigenvalue weighted by Gasteiger charge is -2.08. The Balaban J connectivity index is 1.63. The van der Waals surface area contributed by atoms with Crippen LogP contribution in [0.2, 0.25) is 0 Å². The smallest absolute Gasteiger partial charge is 0.338 e. The van der Waals surface area contributed by atoms with Crippen molar-refractivity contribution in [1.82, 2.24) is 10.2 Å². The third-order valence-corrected chi connectivity index (χ3v) is 3.69. The molecule has 28 heavy (non-hydrogen) atoms. The molecule has 0 aliphatic rings. The molecule has 0 unspecified atom stereocenters. The zero-order valence-electron chi connectivity index (χ0n) is 15.0. The van der Waals surface area contributed by atoms with Gasteiger partial charge in [-0.3, -0.25) is 4.79 Å². The second-order valence-corrected chi connectivity index (χ2v) is 5.66. The van der Waals surface area contributed by atoms with Gasteiger partial charge >= 0.3 is 5.97 Å². The van der Waals surface area contributed by atoms with E-state index in [0.29, 0.717) is 23.7 Å². The number of amides is 1. The van der Waals surface area contributed by atoms with Gasteiger partial charge in [-0.15, -0.1) is 10.2 Å². The average molecular weight is 380 g/mol. The third-order valence-electron chi connectivity index (χ3n) is 3.69. The van der Waals surface area contributed by atoms with Gasteiger partial charge in [0.25, 0.3) is 5.91 Å². The van der Waals surface area contributed by atoms with Crippen LogP contribution in [-0.2, 0) is 4.74 Å². The summed E-state index contributed by atoms with van der Waals surface area (Å²) in [7, 11) is 0. The van der Waals surface area contributed by atoms with Crippen molar-refractivity contribution in [2.24, 2.45) is 0 Å². The molecule has 0 atom stereocenters. The van der Waals surface area contributed by atoms with Crippen LogP contribution in [0.5, 0.6) is 0 Å². The summed E-state index contributed by atoms with van der Waals surface area (Å²) in [6, 6.07) is 15.6. The van der Waals surface area contributed by atoms with Crippen molar-refractivity contribution >= 4 is 29.1 Å². The minimum Gasteiger partial charge on any atom is -0.462 e. The summed E-state index contributed by atoms with van der Waals surface area (Å²) in [5, 5.41) is 13.2. The molecule has 142 valence electrons. The molecule has 1 aromatic heterocycles. The highest BCUT2D eigenvalue weighted by Crippen LogP contribution is 2.17. The lowest BCUT2D eigenvalue weighted by Crippen LogP contribution is -2.15. The summed E-state index contributed by atoms with van der Waals surface area (Å²) >= 11 is 0. The fraction of sp³-hybridized carbons (Fsp3) is 0.100. The highest BCUT2D eigenvalue weighted by atomic mass is 19.1. The summed E-state index contributed by atoms with van der Waals surface area (Å²) in [6.45, 7) is 2.05. The van der Waals surface area contributed by atoms with Gasteiger partial charge in [0.15, 0.2) is 11.5 Å². The Labute approximate surface area is 160 Å². The Morgan fingerprint density at radius 2 is 1.75 bits per heavy atom. The Hall–Kier alpha value is -3.81. The van der Waals surface area contributed by atoms with E-state index < -0.39 is 11.7 Å². The first-order valence-electron chi connectivity index (χ1n) is 8.50. The predicted molar refractivity (Wildman–Crippen MR) is 102 cm³/mol. The van der Waals surface area contributed by atoms with Crippen LogP contribution < -0.4 is 10.6 Å². The number of anilines is 3. The van der Waals surface area contributed by atoms with E-state index in [1.54, 1.807) is 43.3 Å². The summed E-state index contributed by atoms with van der Waals surface area (Å²) < 4.78 is 18.5. The number of carbonyl (C=O) groups is 2. The number of ether oxygens (including phenoxy) is 1. The van der Waals surface area contributed by atoms with E-state index in [9.17, 15) is 14.0 Å². The normalized spacial score (nSPS) is 10.2. The van der Waals surface area contributed by atoms with Gasteiger partial charge in [0.05, 0.1) is 17.9 Å². The summed E-state index contributed by atoms with van der Waals surface area (Å²) in [5.74, 6) is -1.08. The Morgan fingerprint density at radius 3 is 2.39 bits per heavy atom. The maximum absolute atomic E-state index is 13.6. The minimum absolute atomic E-state index is 0.0477. The molecule has 0 bridgehead atoms. The average Bonchev–Trinajstić information content (AvgIpc) is 2.71. The largest absolute Gasteiger partial charge is 0.462 e. The maximum Gasteiger partial charge on any atom is 0.338 e. The highest BCUT2D eigenvalue weighted by molar-refractivity contribution is 6.02. The van der Waals surface area contributed by atoms with Crippen LogP contribution in [0.4, 0.5) is 21.6 Å². The minimum atomic E-state index is -0.567. The molecule has 0 spiro atoms. The van der Waals surface area contributed by atoms with Crippen LogP contribution in [-0.4, -0.2) is 28.7 Å². The summed E-state index contributed by atoms with van der Waals surface area (Å²) in [4.78, 5) is 23.8. The number of rotatable bonds is 6. The first kappa shape index (κ1) is 19.0. The number of hydrogen-bond acceptors (Lipinski definition) is 6. The Bertz CT molecular complexity index is 976. The third kappa shape index (κ3) is 4.67. The quantitative estimate of drug-likeness (QED) is 0.632. The summed E-state index contributed by atoms with van der Waals surface area (Å²) in [6.07, 6.45) is 0. The van der Waals surface area contributed by atoms with Crippen molar-refractivity contribution in [2.75, 3.05) is 17.2 Å². The van der Waals surface area contributed by atoms with E-state index in [1.165, 1.54) is 24.3 Å². The first-order chi connectivity index (χ1) is 13.6. The Kier molecular flexibility index (Phi) is 5.91. The lowest BCUT2D eigenvalue weighted by atomic mass is 10.2. The molecule has 0 aliphatic heterocycles. The van der Waals surface area contributed by atoms with E-state index in [2.05, 4.69) is 20.8 Å². The van der Waals surface area contributed by atoms with Crippen LogP contribution in [0.15, 0.2) is 60.7 Å². The maximum atomic E-state index is 13.6. The van der Waals surface area contributed by atoms with Crippen LogP contribution in [0.1, 0.15) is 27.8 Å². The van der Waals surface area contributed by atoms with Gasteiger partial charge in [0.2, 0.25) is 0 Å². The van der Waals surface area contributed by atoms with Gasteiger partial charge in [-0.05, 0) is 55.5 Å². The van der Waals surface area contributed by atoms with E-state index in [1.807, 2.05) is 0 Å². The van der Waals surface area contributed by atoms with E-state index in [4.69, 9.17) is 4.74 Å². The van der Waals surface area contributed by atoms with Crippen molar-refractivity contribution in [2.45, 2.75) is 6.92 Å². The highest BCUT2D eigenvalue weighted by Gasteiger charge is 2.11. The van der Waals surface area contributed by atoms with Gasteiger partial charge in [-0.1, -0.05) is 12.1 Å². The Morgan fingerprint density at radius 1 is 1.00 bits per heavy atom. The fourth-order valence-electron chi connectivity index (χ4n) is 2.32. The predicted octanol–water partition coefficient (Wildman–Crippen LogP) is 3.79. The van der Waals surface area contributed by atoms with Crippen LogP contribution in [0.25, 0.3) is 0 Å². The molecule has 0 saturated heterocycles. The van der Waals surface area contributed by atoms with Crippen molar-refractivity contribution in [3.63, 3.8) is 0 Å². The molecule has 1 amide bonds. The zero-order chi connectivity index (χ0) is 19.9. The molecule has 3 aromatic rings. The topological polar surface area (TPSA) is 93.2 Å². The number of hydrogen-bond donors (Lipinski definition) is 2. The monoisotopic (exact) mass is 380 g/mol. The van der Waals surface area contributed by atoms with Crippen LogP contribution in [0.3, 0.4) is 0 Å². The summed E-state index contributed by atoms with van der Waals surface area (Å²) in [5.41, 5.74) is 1.24. The number of nitrogens with zero attached hydrogens (tertiary/aromatic N) is 2. The van der Waals surface area contributed by atoms with Gasteiger partial charge in [0.1, 0.15) is 5.82 Å². The number of aromatic nitrogens is 2. The van der Waals surface area contributed by atoms with Crippen LogP contribution in [0, 0.1) is 5.82 Å². The van der Waals surface area contributed by atoms with E-state index >= 15 is 0 Å². The molecule has 7 nitrogen and oxygen atoms in total. The number of halogens is 1. The number of para-hydroxylation sites is 1. The molecule has 0 saturated carbocycles. The molecular formula is C20H17FN4O3. The molecule has 0 radical (unpaired) electrons.